The maximum Gasteiger partial charge on any atom is 0.407 e. The van der Waals surface area contributed by atoms with Crippen LogP contribution >= 0.6 is 11.5 Å². The van der Waals surface area contributed by atoms with E-state index in [1.54, 1.807) is 0 Å². The van der Waals surface area contributed by atoms with Crippen LogP contribution in [0.5, 0.6) is 0 Å². The van der Waals surface area contributed by atoms with Gasteiger partial charge in [-0.15, -0.1) is 0 Å². The molecule has 1 aromatic heterocycles. The Hall–Kier alpha value is -1.37. The van der Waals surface area contributed by atoms with E-state index >= 15 is 0 Å². The number of anilines is 1. The molecule has 1 aromatic rings. The van der Waals surface area contributed by atoms with Crippen LogP contribution in [0.25, 0.3) is 0 Å². The van der Waals surface area contributed by atoms with Gasteiger partial charge in [-0.1, -0.05) is 13.8 Å². The largest absolute Gasteiger partial charge is 0.444 e. The van der Waals surface area contributed by atoms with Crippen molar-refractivity contribution < 1.29 is 9.53 Å². The number of carbonyl (C=O) groups excluding carboxylic acids is 1. The van der Waals surface area contributed by atoms with Crippen LogP contribution in [0.15, 0.2) is 0 Å². The van der Waals surface area contributed by atoms with Crippen molar-refractivity contribution in [1.82, 2.24) is 14.7 Å². The lowest BCUT2D eigenvalue weighted by molar-refractivity contribution is 0.0528. The van der Waals surface area contributed by atoms with Crippen molar-refractivity contribution in [2.75, 3.05) is 18.4 Å². The van der Waals surface area contributed by atoms with E-state index in [2.05, 4.69) is 33.8 Å². The average molecular weight is 300 g/mol. The summed E-state index contributed by atoms with van der Waals surface area (Å²) in [5.74, 6) is 1.21. The van der Waals surface area contributed by atoms with Crippen LogP contribution in [0, 0.1) is 0 Å². The van der Waals surface area contributed by atoms with Crippen LogP contribution in [0.3, 0.4) is 0 Å². The highest BCUT2D eigenvalue weighted by molar-refractivity contribution is 7.09. The van der Waals surface area contributed by atoms with Gasteiger partial charge in [0.25, 0.3) is 0 Å². The van der Waals surface area contributed by atoms with Gasteiger partial charge in [0.2, 0.25) is 5.13 Å². The molecule has 0 unspecified atom stereocenters. The van der Waals surface area contributed by atoms with Gasteiger partial charge in [-0.2, -0.15) is 4.37 Å². The molecule has 0 fully saturated rings. The van der Waals surface area contributed by atoms with Gasteiger partial charge >= 0.3 is 6.09 Å². The second-order valence-corrected chi connectivity index (χ2v) is 6.57. The standard InChI is InChI=1S/C13H24N4O2S/c1-9(2)10-16-11(20-17-10)14-7-6-8-15-12(18)19-13(3,4)5/h9H,6-8H2,1-5H3,(H,15,18)(H,14,16,17). The van der Waals surface area contributed by atoms with E-state index in [1.807, 2.05) is 20.8 Å². The molecule has 114 valence electrons. The number of carbonyl (C=O) groups is 1. The molecule has 0 radical (unpaired) electrons. The number of ether oxygens (including phenoxy) is 1. The second-order valence-electron chi connectivity index (χ2n) is 5.82. The van der Waals surface area contributed by atoms with Crippen molar-refractivity contribution in [2.24, 2.45) is 0 Å². The average Bonchev–Trinajstić information content (AvgIpc) is 2.75. The fraction of sp³-hybridized carbons (Fsp3) is 0.769. The fourth-order valence-corrected chi connectivity index (χ4v) is 2.06. The zero-order valence-electron chi connectivity index (χ0n) is 12.8. The Morgan fingerprint density at radius 2 is 2.05 bits per heavy atom. The molecule has 0 bridgehead atoms. The van der Waals surface area contributed by atoms with E-state index < -0.39 is 5.60 Å². The number of aromatic nitrogens is 2. The number of rotatable bonds is 6. The predicted octanol–water partition coefficient (Wildman–Crippen LogP) is 2.99. The lowest BCUT2D eigenvalue weighted by atomic mass is 10.2. The van der Waals surface area contributed by atoms with Crippen molar-refractivity contribution >= 4 is 22.8 Å². The van der Waals surface area contributed by atoms with E-state index in [0.717, 1.165) is 23.9 Å². The van der Waals surface area contributed by atoms with Gasteiger partial charge in [-0.25, -0.2) is 9.78 Å². The number of alkyl carbamates (subject to hydrolysis) is 1. The van der Waals surface area contributed by atoms with Crippen LogP contribution in [-0.2, 0) is 4.74 Å². The molecular formula is C13H24N4O2S. The van der Waals surface area contributed by atoms with E-state index in [1.165, 1.54) is 11.5 Å². The van der Waals surface area contributed by atoms with Gasteiger partial charge in [0.15, 0.2) is 0 Å². The molecule has 0 aliphatic rings. The molecule has 1 rings (SSSR count). The Balaban J connectivity index is 2.14. The molecule has 6 nitrogen and oxygen atoms in total. The Labute approximate surface area is 124 Å². The van der Waals surface area contributed by atoms with Crippen LogP contribution in [-0.4, -0.2) is 34.1 Å². The highest BCUT2D eigenvalue weighted by Crippen LogP contribution is 2.16. The minimum Gasteiger partial charge on any atom is -0.444 e. The van der Waals surface area contributed by atoms with E-state index in [9.17, 15) is 4.79 Å². The van der Waals surface area contributed by atoms with Crippen LogP contribution < -0.4 is 10.6 Å². The number of hydrogen-bond donors (Lipinski definition) is 2. The molecule has 0 saturated carbocycles. The van der Waals surface area contributed by atoms with Crippen LogP contribution in [0.1, 0.15) is 52.8 Å². The smallest absolute Gasteiger partial charge is 0.407 e. The summed E-state index contributed by atoms with van der Waals surface area (Å²) in [6.07, 6.45) is 0.422. The molecule has 0 saturated heterocycles. The summed E-state index contributed by atoms with van der Waals surface area (Å²) in [6.45, 7) is 11.0. The Morgan fingerprint density at radius 1 is 1.35 bits per heavy atom. The van der Waals surface area contributed by atoms with Crippen molar-refractivity contribution in [3.05, 3.63) is 5.82 Å². The predicted molar refractivity (Wildman–Crippen MR) is 81.3 cm³/mol. The first kappa shape index (κ1) is 16.7. The SMILES string of the molecule is CC(C)c1nsc(NCCCNC(=O)OC(C)(C)C)n1. The molecule has 1 amide bonds. The molecule has 1 heterocycles. The second kappa shape index (κ2) is 7.42. The topological polar surface area (TPSA) is 76.1 Å². The third-order valence-electron chi connectivity index (χ3n) is 2.26. The Morgan fingerprint density at radius 3 is 2.60 bits per heavy atom. The summed E-state index contributed by atoms with van der Waals surface area (Å²) in [4.78, 5) is 15.8. The fourth-order valence-electron chi connectivity index (χ4n) is 1.33. The summed E-state index contributed by atoms with van der Waals surface area (Å²) in [5.41, 5.74) is -0.456. The van der Waals surface area contributed by atoms with Gasteiger partial charge in [-0.3, -0.25) is 0 Å². The lowest BCUT2D eigenvalue weighted by Crippen LogP contribution is -2.33. The first-order valence-corrected chi connectivity index (χ1v) is 7.59. The number of nitrogens with one attached hydrogen (secondary N) is 2. The minimum absolute atomic E-state index is 0.343. The number of hydrogen-bond acceptors (Lipinski definition) is 6. The summed E-state index contributed by atoms with van der Waals surface area (Å²) in [6, 6.07) is 0. The highest BCUT2D eigenvalue weighted by Gasteiger charge is 2.15. The molecule has 0 spiro atoms. The zero-order valence-corrected chi connectivity index (χ0v) is 13.6. The van der Waals surface area contributed by atoms with Gasteiger partial charge in [0, 0.05) is 30.5 Å². The van der Waals surface area contributed by atoms with Gasteiger partial charge in [0.05, 0.1) is 0 Å². The van der Waals surface area contributed by atoms with Gasteiger partial charge in [0.1, 0.15) is 11.4 Å². The summed E-state index contributed by atoms with van der Waals surface area (Å²) in [5, 5.41) is 6.73. The molecule has 0 aliphatic carbocycles. The monoisotopic (exact) mass is 300 g/mol. The number of amides is 1. The first-order valence-electron chi connectivity index (χ1n) is 6.82. The lowest BCUT2D eigenvalue weighted by Gasteiger charge is -2.19. The van der Waals surface area contributed by atoms with Gasteiger partial charge < -0.3 is 15.4 Å². The van der Waals surface area contributed by atoms with Crippen LogP contribution in [0.2, 0.25) is 0 Å². The summed E-state index contributed by atoms with van der Waals surface area (Å²) < 4.78 is 9.40. The van der Waals surface area contributed by atoms with E-state index in [4.69, 9.17) is 4.74 Å². The zero-order chi connectivity index (χ0) is 15.2. The normalized spacial score (nSPS) is 11.5. The molecule has 0 aromatic carbocycles. The quantitative estimate of drug-likeness (QED) is 0.790. The summed E-state index contributed by atoms with van der Waals surface area (Å²) >= 11 is 1.37. The molecule has 2 N–H and O–H groups in total. The van der Waals surface area contributed by atoms with Crippen LogP contribution in [0.4, 0.5) is 9.93 Å². The molecule has 20 heavy (non-hydrogen) atoms. The Bertz CT molecular complexity index is 426. The third-order valence-corrected chi connectivity index (χ3v) is 2.94. The van der Waals surface area contributed by atoms with Crippen molar-refractivity contribution in [1.29, 1.82) is 0 Å². The van der Waals surface area contributed by atoms with Crippen molar-refractivity contribution in [2.45, 2.75) is 52.6 Å². The highest BCUT2D eigenvalue weighted by atomic mass is 32.1. The van der Waals surface area contributed by atoms with Crippen molar-refractivity contribution in [3.63, 3.8) is 0 Å². The van der Waals surface area contributed by atoms with Gasteiger partial charge in [-0.05, 0) is 27.2 Å². The Kier molecular flexibility index (Phi) is 6.19. The third kappa shape index (κ3) is 6.70. The molecule has 0 aliphatic heterocycles. The maximum atomic E-state index is 11.4. The minimum atomic E-state index is -0.456. The molecule has 7 heteroatoms. The van der Waals surface area contributed by atoms with E-state index in [0.29, 0.717) is 12.5 Å². The van der Waals surface area contributed by atoms with E-state index in [-0.39, 0.29) is 6.09 Å². The first-order chi connectivity index (χ1) is 9.28. The molecular weight excluding hydrogens is 276 g/mol. The maximum absolute atomic E-state index is 11.4. The summed E-state index contributed by atoms with van der Waals surface area (Å²) in [7, 11) is 0. The van der Waals surface area contributed by atoms with Crippen molar-refractivity contribution in [3.8, 4) is 0 Å². The molecule has 0 atom stereocenters. The number of nitrogens with zero attached hydrogens (tertiary/aromatic N) is 2.